The SMILES string of the molecule is CCc1ccc(CNC(=O)C(CCCCNC(=O)c2ccc(C(F)(F)F)cc2)NC(=O)OC(C)(C)C)cc1. The van der Waals surface area contributed by atoms with E-state index in [1.807, 2.05) is 24.3 Å². The molecular weight excluding hydrogens is 499 g/mol. The predicted octanol–water partition coefficient (Wildman–Crippen LogP) is 5.38. The van der Waals surface area contributed by atoms with Crippen molar-refractivity contribution in [3.05, 3.63) is 70.8 Å². The fourth-order valence-corrected chi connectivity index (χ4v) is 3.51. The molecule has 0 saturated carbocycles. The van der Waals surface area contributed by atoms with E-state index >= 15 is 0 Å². The average Bonchev–Trinajstić information content (AvgIpc) is 2.85. The first-order chi connectivity index (χ1) is 17.8. The molecule has 0 aromatic heterocycles. The van der Waals surface area contributed by atoms with Crippen LogP contribution in [0.2, 0.25) is 0 Å². The minimum Gasteiger partial charge on any atom is -0.444 e. The van der Waals surface area contributed by atoms with E-state index < -0.39 is 35.4 Å². The predicted molar refractivity (Wildman–Crippen MR) is 138 cm³/mol. The fourth-order valence-electron chi connectivity index (χ4n) is 3.51. The van der Waals surface area contributed by atoms with Crippen molar-refractivity contribution in [3.8, 4) is 0 Å². The molecule has 0 saturated heterocycles. The number of nitrogens with one attached hydrogen (secondary N) is 3. The van der Waals surface area contributed by atoms with E-state index in [4.69, 9.17) is 4.74 Å². The van der Waals surface area contributed by atoms with E-state index in [0.717, 1.165) is 36.2 Å². The van der Waals surface area contributed by atoms with Gasteiger partial charge in [-0.2, -0.15) is 13.2 Å². The molecule has 0 aliphatic carbocycles. The molecule has 0 radical (unpaired) electrons. The molecule has 208 valence electrons. The van der Waals surface area contributed by atoms with Crippen LogP contribution in [0, 0.1) is 0 Å². The van der Waals surface area contributed by atoms with E-state index in [1.165, 1.54) is 5.56 Å². The molecule has 2 rings (SSSR count). The average molecular weight is 536 g/mol. The number of alkyl carbamates (subject to hydrolysis) is 1. The second-order valence-corrected chi connectivity index (χ2v) is 9.91. The van der Waals surface area contributed by atoms with Crippen LogP contribution in [0.3, 0.4) is 0 Å². The van der Waals surface area contributed by atoms with Crippen molar-refractivity contribution in [2.24, 2.45) is 0 Å². The number of carbonyl (C=O) groups is 3. The Morgan fingerprint density at radius 1 is 0.868 bits per heavy atom. The highest BCUT2D eigenvalue weighted by Gasteiger charge is 2.30. The largest absolute Gasteiger partial charge is 0.444 e. The molecule has 2 aromatic carbocycles. The fraction of sp³-hybridized carbons (Fsp3) is 0.464. The zero-order valence-electron chi connectivity index (χ0n) is 22.2. The number of unbranched alkanes of at least 4 members (excludes halogenated alkanes) is 1. The maximum absolute atomic E-state index is 12.9. The van der Waals surface area contributed by atoms with Crippen molar-refractivity contribution >= 4 is 17.9 Å². The third-order valence-electron chi connectivity index (χ3n) is 5.58. The van der Waals surface area contributed by atoms with E-state index in [1.54, 1.807) is 20.8 Å². The summed E-state index contributed by atoms with van der Waals surface area (Å²) in [6, 6.07) is 11.0. The van der Waals surface area contributed by atoms with Crippen LogP contribution in [0.25, 0.3) is 0 Å². The smallest absolute Gasteiger partial charge is 0.416 e. The molecular formula is C28H36F3N3O4. The molecule has 1 atom stereocenters. The lowest BCUT2D eigenvalue weighted by Gasteiger charge is -2.23. The third kappa shape index (κ3) is 10.8. The van der Waals surface area contributed by atoms with Crippen LogP contribution in [-0.4, -0.2) is 36.1 Å². The van der Waals surface area contributed by atoms with Crippen molar-refractivity contribution in [3.63, 3.8) is 0 Å². The van der Waals surface area contributed by atoms with Crippen molar-refractivity contribution in [2.75, 3.05) is 6.54 Å². The summed E-state index contributed by atoms with van der Waals surface area (Å²) in [6.45, 7) is 7.79. The van der Waals surface area contributed by atoms with Gasteiger partial charge in [0.05, 0.1) is 5.56 Å². The van der Waals surface area contributed by atoms with Gasteiger partial charge >= 0.3 is 12.3 Å². The highest BCUT2D eigenvalue weighted by atomic mass is 19.4. The van der Waals surface area contributed by atoms with Gasteiger partial charge in [-0.3, -0.25) is 9.59 Å². The van der Waals surface area contributed by atoms with E-state index in [-0.39, 0.29) is 18.0 Å². The lowest BCUT2D eigenvalue weighted by Crippen LogP contribution is -2.48. The lowest BCUT2D eigenvalue weighted by molar-refractivity contribution is -0.137. The summed E-state index contributed by atoms with van der Waals surface area (Å²) in [6.07, 6.45) is -2.97. The van der Waals surface area contributed by atoms with Gasteiger partial charge in [-0.05, 0) is 81.8 Å². The molecule has 1 unspecified atom stereocenters. The number of rotatable bonds is 11. The molecule has 0 spiro atoms. The zero-order chi connectivity index (χ0) is 28.3. The first kappa shape index (κ1) is 30.7. The summed E-state index contributed by atoms with van der Waals surface area (Å²) in [7, 11) is 0. The van der Waals surface area contributed by atoms with Crippen LogP contribution in [-0.2, 0) is 28.7 Å². The van der Waals surface area contributed by atoms with E-state index in [2.05, 4.69) is 22.9 Å². The number of benzene rings is 2. The van der Waals surface area contributed by atoms with Gasteiger partial charge in [0.1, 0.15) is 11.6 Å². The summed E-state index contributed by atoms with van der Waals surface area (Å²) in [4.78, 5) is 37.4. The normalized spacial score (nSPS) is 12.4. The van der Waals surface area contributed by atoms with Gasteiger partial charge in [-0.15, -0.1) is 0 Å². The highest BCUT2D eigenvalue weighted by Crippen LogP contribution is 2.29. The molecule has 3 N–H and O–H groups in total. The van der Waals surface area contributed by atoms with E-state index in [0.29, 0.717) is 25.8 Å². The quantitative estimate of drug-likeness (QED) is 0.337. The van der Waals surface area contributed by atoms with Gasteiger partial charge in [0.15, 0.2) is 0 Å². The number of hydrogen-bond acceptors (Lipinski definition) is 4. The van der Waals surface area contributed by atoms with Crippen LogP contribution < -0.4 is 16.0 Å². The zero-order valence-corrected chi connectivity index (χ0v) is 22.2. The number of hydrogen-bond donors (Lipinski definition) is 3. The Hall–Kier alpha value is -3.56. The van der Waals surface area contributed by atoms with Crippen molar-refractivity contribution in [2.45, 2.75) is 77.7 Å². The molecule has 38 heavy (non-hydrogen) atoms. The summed E-state index contributed by atoms with van der Waals surface area (Å²) in [5.41, 5.74) is 0.685. The molecule has 0 aliphatic heterocycles. The van der Waals surface area contributed by atoms with Crippen molar-refractivity contribution in [1.82, 2.24) is 16.0 Å². The number of ether oxygens (including phenoxy) is 1. The number of carbonyl (C=O) groups excluding carboxylic acids is 3. The van der Waals surface area contributed by atoms with E-state index in [9.17, 15) is 27.6 Å². The third-order valence-corrected chi connectivity index (χ3v) is 5.58. The molecule has 10 heteroatoms. The minimum absolute atomic E-state index is 0.119. The van der Waals surface area contributed by atoms with Crippen LogP contribution in [0.1, 0.15) is 74.0 Å². The van der Waals surface area contributed by atoms with Gasteiger partial charge in [-0.1, -0.05) is 31.2 Å². The Balaban J connectivity index is 1.87. The molecule has 0 heterocycles. The topological polar surface area (TPSA) is 96.5 Å². The Bertz CT molecular complexity index is 1060. The van der Waals surface area contributed by atoms with Crippen molar-refractivity contribution in [1.29, 1.82) is 0 Å². The number of halogens is 3. The highest BCUT2D eigenvalue weighted by molar-refractivity contribution is 5.94. The second kappa shape index (κ2) is 13.8. The second-order valence-electron chi connectivity index (χ2n) is 9.91. The molecule has 0 aliphatic rings. The number of amides is 3. The standard InChI is InChI=1S/C28H36F3N3O4/c1-5-19-9-11-20(12-10-19)18-33-25(36)23(34-26(37)38-27(2,3)4)8-6-7-17-32-24(35)21-13-15-22(16-14-21)28(29,30)31/h9-16,23H,5-8,17-18H2,1-4H3,(H,32,35)(H,33,36)(H,34,37). The van der Waals surface area contributed by atoms with Gasteiger partial charge in [0.2, 0.25) is 5.91 Å². The van der Waals surface area contributed by atoms with Gasteiger partial charge in [0, 0.05) is 18.7 Å². The summed E-state index contributed by atoms with van der Waals surface area (Å²) >= 11 is 0. The maximum atomic E-state index is 12.9. The van der Waals surface area contributed by atoms with Gasteiger partial charge < -0.3 is 20.7 Å². The Morgan fingerprint density at radius 3 is 2.03 bits per heavy atom. The van der Waals surface area contributed by atoms with Crippen LogP contribution in [0.4, 0.5) is 18.0 Å². The first-order valence-electron chi connectivity index (χ1n) is 12.6. The maximum Gasteiger partial charge on any atom is 0.416 e. The summed E-state index contributed by atoms with van der Waals surface area (Å²) in [5.74, 6) is -0.849. The van der Waals surface area contributed by atoms with Crippen LogP contribution in [0.15, 0.2) is 48.5 Å². The van der Waals surface area contributed by atoms with Crippen molar-refractivity contribution < 1.29 is 32.3 Å². The summed E-state index contributed by atoms with van der Waals surface area (Å²) < 4.78 is 43.4. The molecule has 7 nitrogen and oxygen atoms in total. The van der Waals surface area contributed by atoms with Gasteiger partial charge in [0.25, 0.3) is 5.91 Å². The number of aryl methyl sites for hydroxylation is 1. The minimum atomic E-state index is -4.47. The lowest BCUT2D eigenvalue weighted by atomic mass is 10.1. The first-order valence-corrected chi connectivity index (χ1v) is 12.6. The molecule has 0 bridgehead atoms. The Kier molecular flexibility index (Phi) is 11.2. The summed E-state index contributed by atoms with van der Waals surface area (Å²) in [5, 5.41) is 8.11. The van der Waals surface area contributed by atoms with Gasteiger partial charge in [-0.25, -0.2) is 4.79 Å². The Morgan fingerprint density at radius 2 is 1.47 bits per heavy atom. The molecule has 2 aromatic rings. The number of alkyl halides is 3. The Labute approximate surface area is 221 Å². The van der Waals surface area contributed by atoms with Crippen LogP contribution >= 0.6 is 0 Å². The molecule has 0 fully saturated rings. The van der Waals surface area contributed by atoms with Crippen LogP contribution in [0.5, 0.6) is 0 Å². The monoisotopic (exact) mass is 535 g/mol. The molecule has 3 amide bonds.